The van der Waals surface area contributed by atoms with Crippen LogP contribution in [0.15, 0.2) is 174 Å². The van der Waals surface area contributed by atoms with Gasteiger partial charge in [-0.05, 0) is 59.3 Å². The molecule has 7 aromatic carbocycles. The third-order valence-corrected chi connectivity index (χ3v) is 11.0. The van der Waals surface area contributed by atoms with Crippen LogP contribution >= 0.6 is 11.8 Å². The van der Waals surface area contributed by atoms with Crippen LogP contribution < -0.4 is 0 Å². The van der Waals surface area contributed by atoms with E-state index in [1.807, 2.05) is 30.0 Å². The fourth-order valence-electron chi connectivity index (χ4n) is 7.63. The van der Waals surface area contributed by atoms with Crippen molar-refractivity contribution >= 4 is 55.4 Å². The molecule has 0 amide bonds. The van der Waals surface area contributed by atoms with Crippen molar-refractivity contribution in [1.82, 2.24) is 24.1 Å². The predicted octanol–water partition coefficient (Wildman–Crippen LogP) is 11.5. The number of hydrogen-bond acceptors (Lipinski definition) is 4. The Balaban J connectivity index is 1.18. The van der Waals surface area contributed by atoms with Crippen molar-refractivity contribution in [2.24, 2.45) is 0 Å². The zero-order chi connectivity index (χ0) is 33.5. The van der Waals surface area contributed by atoms with Gasteiger partial charge in [-0.1, -0.05) is 127 Å². The molecule has 0 saturated heterocycles. The van der Waals surface area contributed by atoms with Crippen molar-refractivity contribution in [3.63, 3.8) is 0 Å². The second-order valence-corrected chi connectivity index (χ2v) is 14.0. The summed E-state index contributed by atoms with van der Waals surface area (Å²) in [4.78, 5) is 17.7. The first-order valence-electron chi connectivity index (χ1n) is 17.0. The predicted molar refractivity (Wildman–Crippen MR) is 209 cm³/mol. The average Bonchev–Trinajstić information content (AvgIpc) is 3.72. The lowest BCUT2D eigenvalue weighted by molar-refractivity contribution is 1.02. The van der Waals surface area contributed by atoms with Gasteiger partial charge in [-0.15, -0.1) is 0 Å². The second kappa shape index (κ2) is 11.0. The highest BCUT2D eigenvalue weighted by Crippen LogP contribution is 2.50. The molecule has 0 fully saturated rings. The molecule has 0 spiro atoms. The van der Waals surface area contributed by atoms with E-state index in [2.05, 4.69) is 155 Å². The highest BCUT2D eigenvalue weighted by molar-refractivity contribution is 7.99. The average molecular weight is 670 g/mol. The summed E-state index contributed by atoms with van der Waals surface area (Å²) >= 11 is 1.82. The molecule has 0 unspecified atom stereocenters. The van der Waals surface area contributed by atoms with Gasteiger partial charge in [0.1, 0.15) is 5.65 Å². The van der Waals surface area contributed by atoms with E-state index in [0.717, 1.165) is 39.1 Å². The van der Waals surface area contributed by atoms with Gasteiger partial charge >= 0.3 is 0 Å². The normalized spacial score (nSPS) is 12.2. The maximum Gasteiger partial charge on any atom is 0.164 e. The topological polar surface area (TPSA) is 48.5 Å². The van der Waals surface area contributed by atoms with Crippen molar-refractivity contribution in [1.29, 1.82) is 0 Å². The van der Waals surface area contributed by atoms with Crippen molar-refractivity contribution < 1.29 is 0 Å². The molecule has 1 aliphatic heterocycles. The second-order valence-electron chi connectivity index (χ2n) is 12.9. The summed E-state index contributed by atoms with van der Waals surface area (Å²) < 4.78 is 4.88. The summed E-state index contributed by atoms with van der Waals surface area (Å²) in [5.74, 6) is 1.94. The fraction of sp³-hybridized carbons (Fsp3) is 0. The first kappa shape index (κ1) is 28.3. The van der Waals surface area contributed by atoms with E-state index in [4.69, 9.17) is 15.0 Å². The number of aromatic nitrogens is 5. The van der Waals surface area contributed by atoms with E-state index >= 15 is 0 Å². The van der Waals surface area contributed by atoms with Gasteiger partial charge in [-0.3, -0.25) is 9.13 Å². The van der Waals surface area contributed by atoms with Crippen LogP contribution in [0.5, 0.6) is 0 Å². The van der Waals surface area contributed by atoms with Crippen LogP contribution in [-0.2, 0) is 0 Å². The maximum atomic E-state index is 5.15. The zero-order valence-electron chi connectivity index (χ0n) is 27.2. The molecule has 0 radical (unpaired) electrons. The Morgan fingerprint density at radius 1 is 0.431 bits per heavy atom. The molecular weight excluding hydrogens is 643 g/mol. The Hall–Kier alpha value is -6.50. The van der Waals surface area contributed by atoms with E-state index in [9.17, 15) is 0 Å². The lowest BCUT2D eigenvalue weighted by Gasteiger charge is -2.22. The van der Waals surface area contributed by atoms with Gasteiger partial charge < -0.3 is 0 Å². The molecule has 4 heterocycles. The molecule has 0 aliphatic carbocycles. The Morgan fingerprint density at radius 2 is 1.08 bits per heavy atom. The van der Waals surface area contributed by atoms with Crippen LogP contribution in [0.1, 0.15) is 0 Å². The van der Waals surface area contributed by atoms with Crippen LogP contribution in [0.3, 0.4) is 0 Å². The minimum absolute atomic E-state index is 0.641. The third-order valence-electron chi connectivity index (χ3n) is 9.92. The van der Waals surface area contributed by atoms with Crippen LogP contribution in [0.25, 0.3) is 89.2 Å². The van der Waals surface area contributed by atoms with Gasteiger partial charge in [0.2, 0.25) is 0 Å². The summed E-state index contributed by atoms with van der Waals surface area (Å²) in [6, 6.07) is 57.7. The first-order valence-corrected chi connectivity index (χ1v) is 17.9. The van der Waals surface area contributed by atoms with Crippen molar-refractivity contribution in [2.75, 3.05) is 0 Å². The van der Waals surface area contributed by atoms with Gasteiger partial charge in [-0.2, -0.15) is 0 Å². The standard InChI is InChI=1S/C45H27N5S/c1-3-13-29(14-4-1)42-46-43(31-23-22-28-12-7-8-15-30(28)26-31)48-44(47-42)32-24-25-38-37(27-32)50-41-35(19-11-21-39(41)51-38)40-34-18-9-10-20-36(34)49(45(40)50)33-16-5-2-6-17-33/h1-27H. The molecule has 11 rings (SSSR count). The number of hydrogen-bond donors (Lipinski definition) is 0. The minimum atomic E-state index is 0.641. The molecule has 1 aliphatic rings. The summed E-state index contributed by atoms with van der Waals surface area (Å²) in [6.45, 7) is 0. The zero-order valence-corrected chi connectivity index (χ0v) is 28.0. The Bertz CT molecular complexity index is 3000. The highest BCUT2D eigenvalue weighted by Gasteiger charge is 2.28. The Labute approximate surface area is 297 Å². The number of rotatable bonds is 4. The minimum Gasteiger partial charge on any atom is -0.295 e. The smallest absolute Gasteiger partial charge is 0.164 e. The number of fused-ring (bicyclic) bond motifs is 8. The lowest BCUT2D eigenvalue weighted by atomic mass is 10.1. The third kappa shape index (κ3) is 4.33. The van der Waals surface area contributed by atoms with E-state index < -0.39 is 0 Å². The van der Waals surface area contributed by atoms with E-state index in [-0.39, 0.29) is 0 Å². The summed E-state index contributed by atoms with van der Waals surface area (Å²) in [5, 5.41) is 6.09. The van der Waals surface area contributed by atoms with Gasteiger partial charge in [-0.25, -0.2) is 15.0 Å². The van der Waals surface area contributed by atoms with Gasteiger partial charge in [0, 0.05) is 48.3 Å². The van der Waals surface area contributed by atoms with E-state index in [1.54, 1.807) is 0 Å². The number of para-hydroxylation sites is 3. The maximum absolute atomic E-state index is 5.15. The molecule has 5 nitrogen and oxygen atoms in total. The lowest BCUT2D eigenvalue weighted by Crippen LogP contribution is -2.06. The summed E-state index contributed by atoms with van der Waals surface area (Å²) in [7, 11) is 0. The largest absolute Gasteiger partial charge is 0.295 e. The van der Waals surface area contributed by atoms with Crippen LogP contribution in [0.4, 0.5) is 0 Å². The van der Waals surface area contributed by atoms with Crippen molar-refractivity contribution in [3.05, 3.63) is 164 Å². The molecule has 51 heavy (non-hydrogen) atoms. The van der Waals surface area contributed by atoms with Gasteiger partial charge in [0.25, 0.3) is 0 Å². The molecular formula is C45H27N5S. The molecule has 0 atom stereocenters. The Morgan fingerprint density at radius 3 is 1.90 bits per heavy atom. The molecule has 238 valence electrons. The van der Waals surface area contributed by atoms with Crippen LogP contribution in [0.2, 0.25) is 0 Å². The summed E-state index contributed by atoms with van der Waals surface area (Å²) in [6.07, 6.45) is 0. The highest BCUT2D eigenvalue weighted by atomic mass is 32.2. The molecule has 10 aromatic rings. The van der Waals surface area contributed by atoms with Crippen molar-refractivity contribution in [2.45, 2.75) is 9.79 Å². The number of benzene rings is 7. The van der Waals surface area contributed by atoms with E-state index in [0.29, 0.717) is 17.5 Å². The molecule has 0 N–H and O–H groups in total. The van der Waals surface area contributed by atoms with Gasteiger partial charge in [0.05, 0.1) is 16.7 Å². The molecule has 0 saturated carbocycles. The van der Waals surface area contributed by atoms with Gasteiger partial charge in [0.15, 0.2) is 17.5 Å². The summed E-state index contributed by atoms with van der Waals surface area (Å²) in [5.41, 5.74) is 8.66. The SMILES string of the molecule is c1ccc(-c2nc(-c3ccc4c(c3)-n3c5c(cccc5c5c6ccccc6n(-c6ccccc6)c53)S4)nc(-c3ccc4ccccc4c3)n2)cc1. The first-order chi connectivity index (χ1) is 25.3. The molecule has 0 bridgehead atoms. The monoisotopic (exact) mass is 669 g/mol. The quantitative estimate of drug-likeness (QED) is 0.187. The fourth-order valence-corrected chi connectivity index (χ4v) is 8.71. The van der Waals surface area contributed by atoms with Crippen LogP contribution in [0, 0.1) is 0 Å². The van der Waals surface area contributed by atoms with E-state index in [1.165, 1.54) is 42.4 Å². The molecule has 3 aromatic heterocycles. The Kier molecular flexibility index (Phi) is 6.12. The molecule has 6 heteroatoms. The number of nitrogens with zero attached hydrogens (tertiary/aromatic N) is 5. The van der Waals surface area contributed by atoms with Crippen LogP contribution in [-0.4, -0.2) is 24.1 Å². The van der Waals surface area contributed by atoms with Crippen molar-refractivity contribution in [3.8, 4) is 45.5 Å².